The van der Waals surface area contributed by atoms with Gasteiger partial charge in [0.1, 0.15) is 10.3 Å². The van der Waals surface area contributed by atoms with Crippen molar-refractivity contribution in [1.82, 2.24) is 25.1 Å². The number of benzene rings is 1. The van der Waals surface area contributed by atoms with Crippen molar-refractivity contribution >= 4 is 78.5 Å². The molecule has 0 fully saturated rings. The van der Waals surface area contributed by atoms with Crippen LogP contribution in [0.5, 0.6) is 0 Å². The van der Waals surface area contributed by atoms with Crippen LogP contribution in [0.1, 0.15) is 34.2 Å². The van der Waals surface area contributed by atoms with Crippen molar-refractivity contribution < 1.29 is 19.2 Å². The number of anilines is 1. The number of rotatable bonds is 8. The van der Waals surface area contributed by atoms with Crippen LogP contribution in [0.25, 0.3) is 5.82 Å². The molecule has 3 amide bonds. The molecule has 2 N–H and O–H groups in total. The summed E-state index contributed by atoms with van der Waals surface area (Å²) in [4.78, 5) is 49.4. The van der Waals surface area contributed by atoms with Gasteiger partial charge in [0.05, 0.1) is 16.3 Å². The first-order valence-electron chi connectivity index (χ1n) is 10.4. The second-order valence-electron chi connectivity index (χ2n) is 7.52. The number of carbonyl (C=O) groups excluding carboxylic acids is 3. The maximum atomic E-state index is 13.3. The standard InChI is InChI=1S/C22H20Br2Cl2N6O4/c1-4-16(22(35)31(2)3)36-30-20(33)12-8-11(25)9-13(23)18(12)28-21(34)15-10-17(24)29-32(15)19-14(26)6-5-7-27-19/h5-10,16H,4H2,1-3H3,(H,28,34)(H,30,33). The minimum Gasteiger partial charge on any atom is -0.346 e. The zero-order chi connectivity index (χ0) is 26.6. The normalized spacial score (nSPS) is 11.6. The molecule has 0 saturated carbocycles. The van der Waals surface area contributed by atoms with E-state index in [9.17, 15) is 14.4 Å². The van der Waals surface area contributed by atoms with Crippen molar-refractivity contribution in [1.29, 1.82) is 0 Å². The predicted molar refractivity (Wildman–Crippen MR) is 142 cm³/mol. The predicted octanol–water partition coefficient (Wildman–Crippen LogP) is 4.88. The van der Waals surface area contributed by atoms with Gasteiger partial charge in [0, 0.05) is 35.9 Å². The SMILES string of the molecule is CCC(ONC(=O)c1cc(Cl)cc(Br)c1NC(=O)c1cc(Br)nn1-c1ncccc1Cl)C(=O)N(C)C. The van der Waals surface area contributed by atoms with Gasteiger partial charge in [-0.25, -0.2) is 15.1 Å². The summed E-state index contributed by atoms with van der Waals surface area (Å²) >= 11 is 19.0. The third-order valence-corrected chi connectivity index (χ3v) is 6.30. The number of likely N-dealkylation sites (N-methyl/N-ethyl adjacent to an activating group) is 1. The zero-order valence-electron chi connectivity index (χ0n) is 19.2. The van der Waals surface area contributed by atoms with E-state index in [1.165, 1.54) is 34.0 Å². The van der Waals surface area contributed by atoms with Crippen LogP contribution in [0.15, 0.2) is 45.6 Å². The number of hydroxylamine groups is 1. The van der Waals surface area contributed by atoms with Crippen LogP contribution in [0.2, 0.25) is 10.0 Å². The number of amides is 3. The molecule has 36 heavy (non-hydrogen) atoms. The number of nitrogens with one attached hydrogen (secondary N) is 2. The minimum absolute atomic E-state index is 0.00382. The molecule has 2 heterocycles. The van der Waals surface area contributed by atoms with Crippen molar-refractivity contribution in [3.8, 4) is 5.82 Å². The Morgan fingerprint density at radius 3 is 2.53 bits per heavy atom. The molecule has 0 saturated heterocycles. The lowest BCUT2D eigenvalue weighted by molar-refractivity contribution is -0.145. The fourth-order valence-corrected chi connectivity index (χ4v) is 4.53. The summed E-state index contributed by atoms with van der Waals surface area (Å²) in [5.41, 5.74) is 2.48. The van der Waals surface area contributed by atoms with Gasteiger partial charge >= 0.3 is 0 Å². The summed E-state index contributed by atoms with van der Waals surface area (Å²) < 4.78 is 1.98. The van der Waals surface area contributed by atoms with Gasteiger partial charge in [-0.3, -0.25) is 19.2 Å². The summed E-state index contributed by atoms with van der Waals surface area (Å²) in [6, 6.07) is 7.62. The van der Waals surface area contributed by atoms with Crippen molar-refractivity contribution in [3.05, 3.63) is 66.9 Å². The van der Waals surface area contributed by atoms with E-state index in [0.29, 0.717) is 15.5 Å². The fourth-order valence-electron chi connectivity index (χ4n) is 3.04. The van der Waals surface area contributed by atoms with E-state index in [4.69, 9.17) is 28.0 Å². The Bertz CT molecular complexity index is 1320. The highest BCUT2D eigenvalue weighted by Crippen LogP contribution is 2.32. The van der Waals surface area contributed by atoms with Gasteiger partial charge in [-0.1, -0.05) is 30.1 Å². The quantitative estimate of drug-likeness (QED) is 0.332. The topological polar surface area (TPSA) is 118 Å². The van der Waals surface area contributed by atoms with E-state index >= 15 is 0 Å². The van der Waals surface area contributed by atoms with E-state index in [1.54, 1.807) is 33.2 Å². The van der Waals surface area contributed by atoms with Gasteiger partial charge in [0.25, 0.3) is 17.7 Å². The molecule has 0 aliphatic heterocycles. The van der Waals surface area contributed by atoms with Crippen molar-refractivity contribution in [2.45, 2.75) is 19.4 Å². The molecule has 0 radical (unpaired) electrons. The second-order valence-corrected chi connectivity index (χ2v) is 10.0. The molecule has 1 aromatic carbocycles. The molecule has 0 aliphatic carbocycles. The summed E-state index contributed by atoms with van der Waals surface area (Å²) in [5.74, 6) is -1.40. The summed E-state index contributed by atoms with van der Waals surface area (Å²) in [6.07, 6.45) is 0.954. The second kappa shape index (κ2) is 12.2. The molecule has 0 spiro atoms. The average Bonchev–Trinajstić information content (AvgIpc) is 3.22. The largest absolute Gasteiger partial charge is 0.346 e. The van der Waals surface area contributed by atoms with E-state index in [2.05, 4.69) is 52.7 Å². The Kier molecular flexibility index (Phi) is 9.47. The molecule has 1 unspecified atom stereocenters. The van der Waals surface area contributed by atoms with Crippen molar-refractivity contribution in [2.24, 2.45) is 0 Å². The van der Waals surface area contributed by atoms with Crippen LogP contribution in [-0.4, -0.2) is 57.6 Å². The molecule has 1 atom stereocenters. The first-order chi connectivity index (χ1) is 17.0. The molecular weight excluding hydrogens is 643 g/mol. The first-order valence-corrected chi connectivity index (χ1v) is 12.7. The molecule has 10 nitrogen and oxygen atoms in total. The molecule has 14 heteroatoms. The Balaban J connectivity index is 1.91. The monoisotopic (exact) mass is 660 g/mol. The van der Waals surface area contributed by atoms with Crippen molar-refractivity contribution in [2.75, 3.05) is 19.4 Å². The highest BCUT2D eigenvalue weighted by Gasteiger charge is 2.25. The molecule has 2 aromatic heterocycles. The zero-order valence-corrected chi connectivity index (χ0v) is 23.9. The van der Waals surface area contributed by atoms with Gasteiger partial charge in [-0.05, 0) is 62.5 Å². The number of carbonyl (C=O) groups is 3. The van der Waals surface area contributed by atoms with Crippen molar-refractivity contribution in [3.63, 3.8) is 0 Å². The lowest BCUT2D eigenvalue weighted by Gasteiger charge is -2.20. The van der Waals surface area contributed by atoms with Crippen LogP contribution >= 0.6 is 55.1 Å². The fraction of sp³-hybridized carbons (Fsp3) is 0.227. The average molecular weight is 663 g/mol. The number of hydrogen-bond donors (Lipinski definition) is 2. The highest BCUT2D eigenvalue weighted by atomic mass is 79.9. The molecule has 3 rings (SSSR count). The summed E-state index contributed by atoms with van der Waals surface area (Å²) in [5, 5.41) is 7.46. The van der Waals surface area contributed by atoms with Crippen LogP contribution in [-0.2, 0) is 9.63 Å². The van der Waals surface area contributed by atoms with E-state index in [1.807, 2.05) is 0 Å². The van der Waals surface area contributed by atoms with Gasteiger partial charge in [-0.2, -0.15) is 5.10 Å². The Labute approximate surface area is 233 Å². The van der Waals surface area contributed by atoms with Crippen LogP contribution in [0.4, 0.5) is 5.69 Å². The van der Waals surface area contributed by atoms with Crippen LogP contribution in [0, 0.1) is 0 Å². The Hall–Kier alpha value is -2.51. The van der Waals surface area contributed by atoms with E-state index in [0.717, 1.165) is 0 Å². The first kappa shape index (κ1) is 28.1. The van der Waals surface area contributed by atoms with Gasteiger partial charge in [-0.15, -0.1) is 0 Å². The summed E-state index contributed by atoms with van der Waals surface area (Å²) in [7, 11) is 3.16. The number of halogens is 4. The lowest BCUT2D eigenvalue weighted by Crippen LogP contribution is -2.40. The summed E-state index contributed by atoms with van der Waals surface area (Å²) in [6.45, 7) is 1.75. The van der Waals surface area contributed by atoms with E-state index < -0.39 is 17.9 Å². The number of pyridine rings is 1. The third kappa shape index (κ3) is 6.43. The lowest BCUT2D eigenvalue weighted by atomic mass is 10.1. The molecular formula is C22H20Br2Cl2N6O4. The molecule has 190 valence electrons. The maximum absolute atomic E-state index is 13.3. The van der Waals surface area contributed by atoms with Crippen LogP contribution < -0.4 is 10.8 Å². The third-order valence-electron chi connectivity index (χ3n) is 4.77. The molecule has 0 bridgehead atoms. The maximum Gasteiger partial charge on any atom is 0.277 e. The Morgan fingerprint density at radius 2 is 1.89 bits per heavy atom. The molecule has 0 aliphatic rings. The van der Waals surface area contributed by atoms with Crippen LogP contribution in [0.3, 0.4) is 0 Å². The number of hydrogen-bond acceptors (Lipinski definition) is 6. The Morgan fingerprint density at radius 1 is 1.17 bits per heavy atom. The van der Waals surface area contributed by atoms with Gasteiger partial charge in [0.15, 0.2) is 11.9 Å². The van der Waals surface area contributed by atoms with Gasteiger partial charge in [0.2, 0.25) is 0 Å². The van der Waals surface area contributed by atoms with E-state index in [-0.39, 0.29) is 38.7 Å². The number of aromatic nitrogens is 3. The van der Waals surface area contributed by atoms with Gasteiger partial charge < -0.3 is 10.2 Å². The molecule has 3 aromatic rings. The smallest absolute Gasteiger partial charge is 0.277 e. The highest BCUT2D eigenvalue weighted by molar-refractivity contribution is 9.10. The number of nitrogens with zero attached hydrogens (tertiary/aromatic N) is 4. The minimum atomic E-state index is -0.889.